The van der Waals surface area contributed by atoms with Gasteiger partial charge in [-0.15, -0.1) is 0 Å². The predicted molar refractivity (Wildman–Crippen MR) is 111 cm³/mol. The standard InChI is InChI=1S/C20H27N7O/c1-5-9-22-20(28)23-11-10-21-18-17-14(3)26-27(19(17)25-15(4)24-18)16-8-6-7-13(2)12-16/h6-8,12H,5,9-11H2,1-4H3,(H,21,24,25)(H2,22,23,28). The van der Waals surface area contributed by atoms with Crippen molar-refractivity contribution in [3.05, 3.63) is 41.3 Å². The number of carbonyl (C=O) groups excluding carboxylic acids is 1. The molecular formula is C20H27N7O. The first-order chi connectivity index (χ1) is 13.5. The van der Waals surface area contributed by atoms with Crippen molar-refractivity contribution in [2.24, 2.45) is 0 Å². The van der Waals surface area contributed by atoms with Crippen LogP contribution in [0.5, 0.6) is 0 Å². The van der Waals surface area contributed by atoms with Crippen molar-refractivity contribution in [3.8, 4) is 5.69 Å². The van der Waals surface area contributed by atoms with E-state index in [2.05, 4.69) is 50.1 Å². The summed E-state index contributed by atoms with van der Waals surface area (Å²) in [5.41, 5.74) is 3.76. The molecule has 8 heteroatoms. The number of benzene rings is 1. The Morgan fingerprint density at radius 2 is 1.86 bits per heavy atom. The van der Waals surface area contributed by atoms with Gasteiger partial charge in [-0.1, -0.05) is 19.1 Å². The van der Waals surface area contributed by atoms with Crippen molar-refractivity contribution in [2.75, 3.05) is 25.0 Å². The largest absolute Gasteiger partial charge is 0.368 e. The molecule has 1 aromatic carbocycles. The number of rotatable bonds is 7. The molecule has 28 heavy (non-hydrogen) atoms. The molecule has 2 amide bonds. The highest BCUT2D eigenvalue weighted by Crippen LogP contribution is 2.26. The van der Waals surface area contributed by atoms with E-state index in [1.165, 1.54) is 0 Å². The third-order valence-electron chi connectivity index (χ3n) is 4.30. The molecule has 8 nitrogen and oxygen atoms in total. The Morgan fingerprint density at radius 3 is 2.61 bits per heavy atom. The molecule has 0 atom stereocenters. The lowest BCUT2D eigenvalue weighted by atomic mass is 10.2. The fraction of sp³-hybridized carbons (Fsp3) is 0.400. The number of fused-ring (bicyclic) bond motifs is 1. The van der Waals surface area contributed by atoms with Crippen molar-refractivity contribution < 1.29 is 4.79 Å². The Balaban J connectivity index is 1.81. The van der Waals surface area contributed by atoms with Crippen LogP contribution in [0.3, 0.4) is 0 Å². The molecule has 148 valence electrons. The molecule has 0 aliphatic rings. The van der Waals surface area contributed by atoms with Crippen molar-refractivity contribution >= 4 is 22.9 Å². The molecule has 0 fully saturated rings. The summed E-state index contributed by atoms with van der Waals surface area (Å²) in [5, 5.41) is 14.5. The van der Waals surface area contributed by atoms with Gasteiger partial charge in [-0.2, -0.15) is 5.10 Å². The number of nitrogens with one attached hydrogen (secondary N) is 3. The summed E-state index contributed by atoms with van der Waals surface area (Å²) in [7, 11) is 0. The Morgan fingerprint density at radius 1 is 1.07 bits per heavy atom. The van der Waals surface area contributed by atoms with Gasteiger partial charge in [0.2, 0.25) is 0 Å². The summed E-state index contributed by atoms with van der Waals surface area (Å²) in [4.78, 5) is 20.8. The summed E-state index contributed by atoms with van der Waals surface area (Å²) in [6.45, 7) is 9.61. The van der Waals surface area contributed by atoms with Crippen LogP contribution < -0.4 is 16.0 Å². The lowest BCUT2D eigenvalue weighted by Gasteiger charge is -2.10. The number of carbonyl (C=O) groups is 1. The van der Waals surface area contributed by atoms with Crippen LogP contribution in [0.15, 0.2) is 24.3 Å². The van der Waals surface area contributed by atoms with E-state index in [0.717, 1.165) is 40.2 Å². The van der Waals surface area contributed by atoms with Gasteiger partial charge in [0, 0.05) is 19.6 Å². The second-order valence-electron chi connectivity index (χ2n) is 6.76. The second kappa shape index (κ2) is 8.69. The molecule has 2 heterocycles. The number of aromatic nitrogens is 4. The van der Waals surface area contributed by atoms with Crippen LogP contribution in [0.2, 0.25) is 0 Å². The molecule has 2 aromatic heterocycles. The van der Waals surface area contributed by atoms with Gasteiger partial charge in [-0.05, 0) is 44.9 Å². The maximum atomic E-state index is 11.6. The third-order valence-corrected chi connectivity index (χ3v) is 4.30. The van der Waals surface area contributed by atoms with Gasteiger partial charge >= 0.3 is 6.03 Å². The normalized spacial score (nSPS) is 10.9. The lowest BCUT2D eigenvalue weighted by molar-refractivity contribution is 0.241. The zero-order valence-corrected chi connectivity index (χ0v) is 16.8. The van der Waals surface area contributed by atoms with Crippen LogP contribution >= 0.6 is 0 Å². The highest BCUT2D eigenvalue weighted by atomic mass is 16.2. The number of hydrogen-bond donors (Lipinski definition) is 3. The van der Waals surface area contributed by atoms with Gasteiger partial charge in [0.1, 0.15) is 11.6 Å². The Hall–Kier alpha value is -3.16. The lowest BCUT2D eigenvalue weighted by Crippen LogP contribution is -2.38. The third kappa shape index (κ3) is 4.39. The molecule has 0 saturated carbocycles. The van der Waals surface area contributed by atoms with Crippen LogP contribution in [0.1, 0.15) is 30.4 Å². The Bertz CT molecular complexity index is 980. The van der Waals surface area contributed by atoms with Gasteiger partial charge in [0.25, 0.3) is 0 Å². The second-order valence-corrected chi connectivity index (χ2v) is 6.76. The number of anilines is 1. The number of aryl methyl sites for hydroxylation is 3. The van der Waals surface area contributed by atoms with Crippen LogP contribution in [-0.2, 0) is 0 Å². The van der Waals surface area contributed by atoms with E-state index in [4.69, 9.17) is 0 Å². The maximum absolute atomic E-state index is 11.6. The molecule has 0 bridgehead atoms. The first-order valence-corrected chi connectivity index (χ1v) is 9.56. The van der Waals surface area contributed by atoms with Crippen LogP contribution in [0, 0.1) is 20.8 Å². The fourth-order valence-corrected chi connectivity index (χ4v) is 3.02. The fourth-order valence-electron chi connectivity index (χ4n) is 3.02. The predicted octanol–water partition coefficient (Wildman–Crippen LogP) is 2.86. The smallest absolute Gasteiger partial charge is 0.314 e. The summed E-state index contributed by atoms with van der Waals surface area (Å²) < 4.78 is 1.86. The minimum atomic E-state index is -0.156. The molecule has 0 radical (unpaired) electrons. The summed E-state index contributed by atoms with van der Waals surface area (Å²) in [6.07, 6.45) is 0.911. The summed E-state index contributed by atoms with van der Waals surface area (Å²) in [5.74, 6) is 1.40. The van der Waals surface area contributed by atoms with Gasteiger partial charge < -0.3 is 16.0 Å². The molecule has 0 aliphatic heterocycles. The Kier molecular flexibility index (Phi) is 6.08. The molecule has 3 rings (SSSR count). The number of amides is 2. The molecular weight excluding hydrogens is 354 g/mol. The molecule has 0 unspecified atom stereocenters. The van der Waals surface area contributed by atoms with Crippen LogP contribution in [-0.4, -0.2) is 45.4 Å². The van der Waals surface area contributed by atoms with Gasteiger partial charge in [0.15, 0.2) is 5.65 Å². The first kappa shape index (κ1) is 19.6. The maximum Gasteiger partial charge on any atom is 0.314 e. The van der Waals surface area contributed by atoms with Crippen molar-refractivity contribution in [3.63, 3.8) is 0 Å². The minimum Gasteiger partial charge on any atom is -0.368 e. The SMILES string of the molecule is CCCNC(=O)NCCNc1nc(C)nc2c1c(C)nn2-c1cccc(C)c1. The van der Waals surface area contributed by atoms with Crippen LogP contribution in [0.4, 0.5) is 10.6 Å². The van der Waals surface area contributed by atoms with E-state index in [1.54, 1.807) is 0 Å². The van der Waals surface area contributed by atoms with E-state index in [-0.39, 0.29) is 6.03 Å². The highest BCUT2D eigenvalue weighted by Gasteiger charge is 2.16. The molecule has 0 aliphatic carbocycles. The zero-order valence-electron chi connectivity index (χ0n) is 16.8. The van der Waals surface area contributed by atoms with Gasteiger partial charge in [-0.25, -0.2) is 19.4 Å². The monoisotopic (exact) mass is 381 g/mol. The quantitative estimate of drug-likeness (QED) is 0.547. The van der Waals surface area contributed by atoms with E-state index in [0.29, 0.717) is 25.5 Å². The van der Waals surface area contributed by atoms with E-state index < -0.39 is 0 Å². The first-order valence-electron chi connectivity index (χ1n) is 9.56. The minimum absolute atomic E-state index is 0.156. The number of hydrogen-bond acceptors (Lipinski definition) is 5. The van der Waals surface area contributed by atoms with Crippen molar-refractivity contribution in [1.29, 1.82) is 0 Å². The van der Waals surface area contributed by atoms with Gasteiger partial charge in [-0.3, -0.25) is 0 Å². The van der Waals surface area contributed by atoms with Gasteiger partial charge in [0.05, 0.1) is 16.8 Å². The average Bonchev–Trinajstić information content (AvgIpc) is 3.00. The topological polar surface area (TPSA) is 96.8 Å². The number of urea groups is 1. The average molecular weight is 381 g/mol. The Labute approximate surface area is 164 Å². The van der Waals surface area contributed by atoms with Crippen molar-refractivity contribution in [1.82, 2.24) is 30.4 Å². The van der Waals surface area contributed by atoms with E-state index in [1.807, 2.05) is 37.6 Å². The summed E-state index contributed by atoms with van der Waals surface area (Å²) in [6, 6.07) is 8.00. The van der Waals surface area contributed by atoms with Crippen LogP contribution in [0.25, 0.3) is 16.7 Å². The molecule has 3 aromatic rings. The molecule has 0 spiro atoms. The number of nitrogens with zero attached hydrogens (tertiary/aromatic N) is 4. The molecule has 3 N–H and O–H groups in total. The van der Waals surface area contributed by atoms with E-state index >= 15 is 0 Å². The zero-order chi connectivity index (χ0) is 20.1. The van der Waals surface area contributed by atoms with E-state index in [9.17, 15) is 4.79 Å². The van der Waals surface area contributed by atoms with Crippen molar-refractivity contribution in [2.45, 2.75) is 34.1 Å². The summed E-state index contributed by atoms with van der Waals surface area (Å²) >= 11 is 0. The highest BCUT2D eigenvalue weighted by molar-refractivity contribution is 5.90. The molecule has 0 saturated heterocycles.